The molecule has 7 nitrogen and oxygen atoms in total. The van der Waals surface area contributed by atoms with E-state index < -0.39 is 39.6 Å². The number of hydrogen-bond donors (Lipinski definition) is 1. The Morgan fingerprint density at radius 1 is 1.10 bits per heavy atom. The van der Waals surface area contributed by atoms with Gasteiger partial charge in [0.05, 0.1) is 25.1 Å². The first-order valence-electron chi connectivity index (χ1n) is 9.05. The molecule has 0 heterocycles. The summed E-state index contributed by atoms with van der Waals surface area (Å²) in [5.74, 6) is -1.93. The number of para-hydroxylation sites is 2. The third-order valence-electron chi connectivity index (χ3n) is 4.19. The van der Waals surface area contributed by atoms with Crippen LogP contribution in [-0.4, -0.2) is 46.4 Å². The SMILES string of the molecule is COc1ccccc1OC[C@H](C)NC(=O)[C@@H](C)N(c1ccc(F)c(F)c1)S(C)(=O)=O. The first-order valence-corrected chi connectivity index (χ1v) is 10.9. The zero-order valence-corrected chi connectivity index (χ0v) is 17.9. The van der Waals surface area contributed by atoms with Crippen LogP contribution in [0.4, 0.5) is 14.5 Å². The number of amides is 1. The van der Waals surface area contributed by atoms with E-state index >= 15 is 0 Å². The summed E-state index contributed by atoms with van der Waals surface area (Å²) in [5.41, 5.74) is -0.156. The van der Waals surface area contributed by atoms with E-state index in [1.807, 2.05) is 0 Å². The topological polar surface area (TPSA) is 84.9 Å². The molecule has 10 heteroatoms. The molecule has 0 aliphatic carbocycles. The van der Waals surface area contributed by atoms with Gasteiger partial charge in [0.2, 0.25) is 15.9 Å². The zero-order valence-electron chi connectivity index (χ0n) is 17.1. The van der Waals surface area contributed by atoms with E-state index in [1.54, 1.807) is 31.2 Å². The van der Waals surface area contributed by atoms with Crippen molar-refractivity contribution >= 4 is 21.6 Å². The molecule has 164 valence electrons. The van der Waals surface area contributed by atoms with Crippen molar-refractivity contribution in [2.75, 3.05) is 24.3 Å². The highest BCUT2D eigenvalue weighted by Gasteiger charge is 2.30. The second-order valence-electron chi connectivity index (χ2n) is 6.70. The number of sulfonamides is 1. The van der Waals surface area contributed by atoms with Crippen molar-refractivity contribution in [1.29, 1.82) is 0 Å². The summed E-state index contributed by atoms with van der Waals surface area (Å²) in [6.45, 7) is 3.14. The second kappa shape index (κ2) is 9.75. The molecule has 2 aromatic carbocycles. The van der Waals surface area contributed by atoms with Crippen LogP contribution < -0.4 is 19.1 Å². The Morgan fingerprint density at radius 3 is 2.30 bits per heavy atom. The normalized spacial score (nSPS) is 13.3. The number of nitrogens with zero attached hydrogens (tertiary/aromatic N) is 1. The Labute approximate surface area is 174 Å². The number of benzene rings is 2. The molecule has 30 heavy (non-hydrogen) atoms. The number of nitrogens with one attached hydrogen (secondary N) is 1. The van der Waals surface area contributed by atoms with Gasteiger partial charge in [-0.15, -0.1) is 0 Å². The molecule has 1 N–H and O–H groups in total. The van der Waals surface area contributed by atoms with E-state index in [9.17, 15) is 22.0 Å². The Morgan fingerprint density at radius 2 is 1.73 bits per heavy atom. The van der Waals surface area contributed by atoms with Gasteiger partial charge in [0, 0.05) is 6.07 Å². The highest BCUT2D eigenvalue weighted by molar-refractivity contribution is 7.92. The van der Waals surface area contributed by atoms with E-state index in [0.29, 0.717) is 11.5 Å². The molecule has 0 fully saturated rings. The molecular formula is C20H24F2N2O5S. The lowest BCUT2D eigenvalue weighted by atomic mass is 10.2. The van der Waals surface area contributed by atoms with Crippen LogP contribution in [0.1, 0.15) is 13.8 Å². The summed E-state index contributed by atoms with van der Waals surface area (Å²) in [5, 5.41) is 2.66. The van der Waals surface area contributed by atoms with Crippen molar-refractivity contribution in [2.45, 2.75) is 25.9 Å². The standard InChI is InChI=1S/C20H24F2N2O5S/c1-13(12-29-19-8-6-5-7-18(19)28-3)23-20(25)14(2)24(30(4,26)27)15-9-10-16(21)17(22)11-15/h5-11,13-14H,12H2,1-4H3,(H,23,25)/t13-,14+/m0/s1. The van der Waals surface area contributed by atoms with Crippen molar-refractivity contribution in [3.8, 4) is 11.5 Å². The maximum Gasteiger partial charge on any atom is 0.243 e. The number of rotatable bonds is 9. The molecule has 0 saturated heterocycles. The molecule has 0 aromatic heterocycles. The maximum atomic E-state index is 13.6. The van der Waals surface area contributed by atoms with Gasteiger partial charge in [-0.1, -0.05) is 12.1 Å². The number of carbonyl (C=O) groups is 1. The average Bonchev–Trinajstić information content (AvgIpc) is 2.68. The van der Waals surface area contributed by atoms with Crippen LogP contribution in [0.3, 0.4) is 0 Å². The van der Waals surface area contributed by atoms with Gasteiger partial charge in [-0.25, -0.2) is 17.2 Å². The molecule has 0 aliphatic rings. The first-order chi connectivity index (χ1) is 14.0. The Bertz CT molecular complexity index is 1000. The number of halogens is 2. The monoisotopic (exact) mass is 442 g/mol. The Kier molecular flexibility index (Phi) is 7.60. The zero-order chi connectivity index (χ0) is 22.5. The summed E-state index contributed by atoms with van der Waals surface area (Å²) in [6.07, 6.45) is 0.881. The summed E-state index contributed by atoms with van der Waals surface area (Å²) in [4.78, 5) is 12.6. The average molecular weight is 442 g/mol. The Hall–Kier alpha value is -2.88. The van der Waals surface area contributed by atoms with Crippen molar-refractivity contribution in [3.05, 3.63) is 54.1 Å². The fourth-order valence-corrected chi connectivity index (χ4v) is 3.96. The van der Waals surface area contributed by atoms with Gasteiger partial charge < -0.3 is 14.8 Å². The van der Waals surface area contributed by atoms with Gasteiger partial charge in [0.1, 0.15) is 12.6 Å². The molecule has 2 atom stereocenters. The minimum Gasteiger partial charge on any atom is -0.493 e. The summed E-state index contributed by atoms with van der Waals surface area (Å²) in [6, 6.07) is 7.95. The lowest BCUT2D eigenvalue weighted by Crippen LogP contribution is -2.50. The smallest absolute Gasteiger partial charge is 0.243 e. The van der Waals surface area contributed by atoms with E-state index in [0.717, 1.165) is 28.8 Å². The number of ether oxygens (including phenoxy) is 2. The summed E-state index contributed by atoms with van der Waals surface area (Å²) >= 11 is 0. The van der Waals surface area contributed by atoms with Gasteiger partial charge >= 0.3 is 0 Å². The molecule has 1 amide bonds. The lowest BCUT2D eigenvalue weighted by molar-refractivity contribution is -0.122. The van der Waals surface area contributed by atoms with Crippen molar-refractivity contribution in [2.24, 2.45) is 0 Å². The maximum absolute atomic E-state index is 13.6. The Balaban J connectivity index is 2.10. The van der Waals surface area contributed by atoms with Crippen molar-refractivity contribution < 1.29 is 31.5 Å². The number of hydrogen-bond acceptors (Lipinski definition) is 5. The summed E-state index contributed by atoms with van der Waals surface area (Å²) in [7, 11) is -2.45. The van der Waals surface area contributed by atoms with Crippen LogP contribution in [0.2, 0.25) is 0 Å². The first kappa shape index (κ1) is 23.4. The predicted octanol–water partition coefficient (Wildman–Crippen LogP) is 2.71. The quantitative estimate of drug-likeness (QED) is 0.646. The van der Waals surface area contributed by atoms with E-state index in [-0.39, 0.29) is 12.3 Å². The minimum absolute atomic E-state index is 0.100. The second-order valence-corrected chi connectivity index (χ2v) is 8.56. The lowest BCUT2D eigenvalue weighted by Gasteiger charge is -2.29. The van der Waals surface area contributed by atoms with Gasteiger partial charge in [-0.2, -0.15) is 0 Å². The highest BCUT2D eigenvalue weighted by Crippen LogP contribution is 2.26. The molecule has 0 saturated carbocycles. The van der Waals surface area contributed by atoms with Crippen LogP contribution in [0.15, 0.2) is 42.5 Å². The number of methoxy groups -OCH3 is 1. The molecule has 0 spiro atoms. The number of anilines is 1. The van der Waals surface area contributed by atoms with Crippen LogP contribution in [0.25, 0.3) is 0 Å². The van der Waals surface area contributed by atoms with E-state index in [1.165, 1.54) is 14.0 Å². The van der Waals surface area contributed by atoms with Crippen LogP contribution in [-0.2, 0) is 14.8 Å². The van der Waals surface area contributed by atoms with Crippen molar-refractivity contribution in [3.63, 3.8) is 0 Å². The molecule has 0 radical (unpaired) electrons. The van der Waals surface area contributed by atoms with Crippen LogP contribution in [0, 0.1) is 11.6 Å². The molecule has 0 aliphatic heterocycles. The van der Waals surface area contributed by atoms with Crippen LogP contribution >= 0.6 is 0 Å². The van der Waals surface area contributed by atoms with Gasteiger partial charge in [0.25, 0.3) is 0 Å². The van der Waals surface area contributed by atoms with Gasteiger partial charge in [-0.05, 0) is 38.1 Å². The molecule has 0 unspecified atom stereocenters. The molecular weight excluding hydrogens is 418 g/mol. The third-order valence-corrected chi connectivity index (χ3v) is 5.43. The fraction of sp³-hybridized carbons (Fsp3) is 0.350. The summed E-state index contributed by atoms with van der Waals surface area (Å²) < 4.78 is 62.9. The molecule has 2 rings (SSSR count). The van der Waals surface area contributed by atoms with Crippen molar-refractivity contribution in [1.82, 2.24) is 5.32 Å². The minimum atomic E-state index is -3.96. The molecule has 2 aromatic rings. The van der Waals surface area contributed by atoms with Gasteiger partial charge in [-0.3, -0.25) is 9.10 Å². The third kappa shape index (κ3) is 5.82. The number of carbonyl (C=O) groups excluding carboxylic acids is 1. The fourth-order valence-electron chi connectivity index (χ4n) is 2.79. The van der Waals surface area contributed by atoms with E-state index in [4.69, 9.17) is 9.47 Å². The van der Waals surface area contributed by atoms with E-state index in [2.05, 4.69) is 5.32 Å². The van der Waals surface area contributed by atoms with Crippen LogP contribution in [0.5, 0.6) is 11.5 Å². The highest BCUT2D eigenvalue weighted by atomic mass is 32.2. The largest absolute Gasteiger partial charge is 0.493 e. The molecule has 0 bridgehead atoms. The van der Waals surface area contributed by atoms with Gasteiger partial charge in [0.15, 0.2) is 23.1 Å². The predicted molar refractivity (Wildman–Crippen MR) is 109 cm³/mol.